The van der Waals surface area contributed by atoms with Crippen molar-refractivity contribution in [3.63, 3.8) is 0 Å². The van der Waals surface area contributed by atoms with Gasteiger partial charge < -0.3 is 9.47 Å². The lowest BCUT2D eigenvalue weighted by atomic mass is 9.88. The van der Waals surface area contributed by atoms with E-state index in [-0.39, 0.29) is 5.91 Å². The van der Waals surface area contributed by atoms with Gasteiger partial charge in [0.25, 0.3) is 0 Å². The zero-order chi connectivity index (χ0) is 22.6. The van der Waals surface area contributed by atoms with E-state index in [1.165, 1.54) is 69.8 Å². The normalized spacial score (nSPS) is 18.0. The number of hydrogen-bond acceptors (Lipinski definition) is 2. The summed E-state index contributed by atoms with van der Waals surface area (Å²) in [4.78, 5) is 21.4. The molecule has 2 saturated carbocycles. The number of nitrogens with zero attached hydrogens (tertiary/aromatic N) is 3. The van der Waals surface area contributed by atoms with E-state index in [1.54, 1.807) is 0 Å². The van der Waals surface area contributed by atoms with Crippen LogP contribution < -0.4 is 0 Å². The van der Waals surface area contributed by atoms with Crippen LogP contribution in [-0.4, -0.2) is 32.4 Å². The first-order chi connectivity index (χ1) is 16.3. The summed E-state index contributed by atoms with van der Waals surface area (Å²) in [6, 6.07) is 17.6. The van der Waals surface area contributed by atoms with E-state index < -0.39 is 0 Å². The lowest BCUT2D eigenvalue weighted by Gasteiger charge is -2.42. The Kier molecular flexibility index (Phi) is 6.80. The van der Waals surface area contributed by atoms with E-state index in [2.05, 4.69) is 58.9 Å². The summed E-state index contributed by atoms with van der Waals surface area (Å²) in [5.41, 5.74) is 4.44. The molecular formula is C29H37N3O. The fraction of sp³-hybridized carbons (Fsp3) is 0.517. The van der Waals surface area contributed by atoms with Gasteiger partial charge in [-0.3, -0.25) is 4.79 Å². The molecule has 0 atom stereocenters. The summed E-state index contributed by atoms with van der Waals surface area (Å²) in [5.74, 6) is 1.21. The Labute approximate surface area is 198 Å². The number of imidazole rings is 1. The van der Waals surface area contributed by atoms with Crippen LogP contribution in [0.4, 0.5) is 0 Å². The van der Waals surface area contributed by atoms with Crippen molar-refractivity contribution in [3.05, 3.63) is 54.1 Å². The molecule has 2 fully saturated rings. The van der Waals surface area contributed by atoms with Crippen LogP contribution in [0.1, 0.15) is 76.7 Å². The van der Waals surface area contributed by atoms with Gasteiger partial charge in [-0.2, -0.15) is 0 Å². The third-order valence-electron chi connectivity index (χ3n) is 7.81. The Morgan fingerprint density at radius 1 is 0.879 bits per heavy atom. The molecule has 0 saturated heterocycles. The molecular weight excluding hydrogens is 406 g/mol. The molecule has 5 rings (SSSR count). The van der Waals surface area contributed by atoms with E-state index in [9.17, 15) is 4.79 Å². The predicted molar refractivity (Wildman–Crippen MR) is 135 cm³/mol. The quantitative estimate of drug-likeness (QED) is 0.422. The van der Waals surface area contributed by atoms with Crippen LogP contribution in [0, 0.1) is 0 Å². The molecule has 0 aliphatic heterocycles. The topological polar surface area (TPSA) is 38.1 Å². The van der Waals surface area contributed by atoms with Gasteiger partial charge >= 0.3 is 0 Å². The van der Waals surface area contributed by atoms with Gasteiger partial charge in [0.1, 0.15) is 12.4 Å². The van der Waals surface area contributed by atoms with Crippen LogP contribution in [0.2, 0.25) is 0 Å². The third kappa shape index (κ3) is 4.58. The van der Waals surface area contributed by atoms with Crippen LogP contribution in [0.25, 0.3) is 22.4 Å². The zero-order valence-electron chi connectivity index (χ0n) is 20.0. The van der Waals surface area contributed by atoms with Crippen molar-refractivity contribution < 1.29 is 4.79 Å². The predicted octanol–water partition coefficient (Wildman–Crippen LogP) is 6.76. The Bertz CT molecular complexity index is 1070. The van der Waals surface area contributed by atoms with E-state index in [4.69, 9.17) is 4.98 Å². The lowest BCUT2D eigenvalue weighted by molar-refractivity contribution is -0.138. The minimum Gasteiger partial charge on any atom is -0.335 e. The van der Waals surface area contributed by atoms with Gasteiger partial charge in [-0.05, 0) is 49.8 Å². The number of benzene rings is 2. The van der Waals surface area contributed by atoms with Crippen molar-refractivity contribution in [2.24, 2.45) is 0 Å². The monoisotopic (exact) mass is 443 g/mol. The van der Waals surface area contributed by atoms with Crippen LogP contribution in [0.3, 0.4) is 0 Å². The second-order valence-electron chi connectivity index (χ2n) is 9.91. The first kappa shape index (κ1) is 22.2. The number of carbonyl (C=O) groups is 1. The third-order valence-corrected chi connectivity index (χ3v) is 7.81. The molecule has 2 aliphatic carbocycles. The van der Waals surface area contributed by atoms with E-state index >= 15 is 0 Å². The van der Waals surface area contributed by atoms with Gasteiger partial charge in [-0.15, -0.1) is 0 Å². The molecule has 0 unspecified atom stereocenters. The molecule has 1 heterocycles. The number of fused-ring (bicyclic) bond motifs is 1. The first-order valence-electron chi connectivity index (χ1n) is 13.1. The minimum atomic E-state index is 0.284. The molecule has 0 spiro atoms. The van der Waals surface area contributed by atoms with E-state index in [0.717, 1.165) is 28.8 Å². The molecule has 3 aromatic rings. The lowest BCUT2D eigenvalue weighted by Crippen LogP contribution is -2.50. The van der Waals surface area contributed by atoms with Crippen molar-refractivity contribution in [2.45, 2.75) is 96.2 Å². The minimum absolute atomic E-state index is 0.284. The van der Waals surface area contributed by atoms with Crippen molar-refractivity contribution in [3.8, 4) is 11.4 Å². The van der Waals surface area contributed by atoms with Gasteiger partial charge in [-0.1, -0.05) is 81.8 Å². The van der Waals surface area contributed by atoms with E-state index in [1.807, 2.05) is 6.07 Å². The molecule has 4 nitrogen and oxygen atoms in total. The molecule has 0 N–H and O–H groups in total. The molecule has 33 heavy (non-hydrogen) atoms. The van der Waals surface area contributed by atoms with E-state index in [0.29, 0.717) is 18.6 Å². The van der Waals surface area contributed by atoms with Crippen LogP contribution in [0.15, 0.2) is 48.5 Å². The Morgan fingerprint density at radius 3 is 2.15 bits per heavy atom. The van der Waals surface area contributed by atoms with Crippen molar-refractivity contribution >= 4 is 16.9 Å². The summed E-state index contributed by atoms with van der Waals surface area (Å²) >= 11 is 0. The summed E-state index contributed by atoms with van der Waals surface area (Å²) in [6.45, 7) is 2.56. The smallest absolute Gasteiger partial charge is 0.243 e. The van der Waals surface area contributed by atoms with Gasteiger partial charge in [0, 0.05) is 17.6 Å². The molecule has 2 aliphatic rings. The van der Waals surface area contributed by atoms with Crippen LogP contribution in [0.5, 0.6) is 0 Å². The highest BCUT2D eigenvalue weighted by Gasteiger charge is 2.33. The Morgan fingerprint density at radius 2 is 1.48 bits per heavy atom. The molecule has 2 aromatic carbocycles. The highest BCUT2D eigenvalue weighted by molar-refractivity contribution is 5.85. The maximum Gasteiger partial charge on any atom is 0.243 e. The first-order valence-corrected chi connectivity index (χ1v) is 13.1. The van der Waals surface area contributed by atoms with Crippen molar-refractivity contribution in [1.29, 1.82) is 0 Å². The Balaban J connectivity index is 1.53. The van der Waals surface area contributed by atoms with Crippen molar-refractivity contribution in [1.82, 2.24) is 14.5 Å². The maximum atomic E-state index is 14.1. The number of hydrogen-bond donors (Lipinski definition) is 0. The number of para-hydroxylation sites is 2. The molecule has 0 radical (unpaired) electrons. The average molecular weight is 444 g/mol. The van der Waals surface area contributed by atoms with Crippen LogP contribution in [-0.2, 0) is 17.8 Å². The number of carbonyl (C=O) groups excluding carboxylic acids is 1. The van der Waals surface area contributed by atoms with Gasteiger partial charge in [0.15, 0.2) is 0 Å². The Hall–Kier alpha value is -2.62. The number of rotatable bonds is 6. The fourth-order valence-corrected chi connectivity index (χ4v) is 6.13. The second kappa shape index (κ2) is 10.1. The number of aromatic nitrogens is 2. The highest BCUT2D eigenvalue weighted by Crippen LogP contribution is 2.32. The summed E-state index contributed by atoms with van der Waals surface area (Å²) in [7, 11) is 0. The average Bonchev–Trinajstić information content (AvgIpc) is 3.23. The largest absolute Gasteiger partial charge is 0.335 e. The summed E-state index contributed by atoms with van der Waals surface area (Å²) < 4.78 is 2.19. The SMILES string of the molecule is CCc1ccccc1-c1nc2ccccc2n1CC(=O)N(C1CCCCC1)C1CCCCC1. The molecule has 1 aromatic heterocycles. The van der Waals surface area contributed by atoms with Gasteiger partial charge in [0.05, 0.1) is 11.0 Å². The number of amides is 1. The fourth-order valence-electron chi connectivity index (χ4n) is 6.13. The molecule has 4 heteroatoms. The standard InChI is InChI=1S/C29H37N3O/c1-2-22-13-9-10-18-25(22)29-30-26-19-11-12-20-27(26)31(29)21-28(33)32(23-14-5-3-6-15-23)24-16-7-4-8-17-24/h9-13,18-20,23-24H,2-8,14-17,21H2,1H3. The summed E-state index contributed by atoms with van der Waals surface area (Å²) in [6.07, 6.45) is 13.3. The maximum absolute atomic E-state index is 14.1. The second-order valence-corrected chi connectivity index (χ2v) is 9.91. The highest BCUT2D eigenvalue weighted by atomic mass is 16.2. The number of aryl methyl sites for hydroxylation is 1. The molecule has 174 valence electrons. The van der Waals surface area contributed by atoms with Crippen LogP contribution >= 0.6 is 0 Å². The van der Waals surface area contributed by atoms with Crippen molar-refractivity contribution in [2.75, 3.05) is 0 Å². The molecule has 0 bridgehead atoms. The zero-order valence-corrected chi connectivity index (χ0v) is 20.0. The summed E-state index contributed by atoms with van der Waals surface area (Å²) in [5, 5.41) is 0. The van der Waals surface area contributed by atoms with Gasteiger partial charge in [0.2, 0.25) is 5.91 Å². The molecule has 1 amide bonds. The van der Waals surface area contributed by atoms with Gasteiger partial charge in [-0.25, -0.2) is 4.98 Å².